The van der Waals surface area contributed by atoms with E-state index in [1.54, 1.807) is 27.7 Å². The molecule has 12 heavy (non-hydrogen) atoms. The van der Waals surface area contributed by atoms with Crippen LogP contribution in [-0.4, -0.2) is 21.0 Å². The van der Waals surface area contributed by atoms with Crippen molar-refractivity contribution in [2.45, 2.75) is 39.9 Å². The van der Waals surface area contributed by atoms with E-state index in [1.807, 2.05) is 0 Å². The van der Waals surface area contributed by atoms with Crippen LogP contribution in [0.4, 0.5) is 0 Å². The molecule has 0 heterocycles. The van der Waals surface area contributed by atoms with Gasteiger partial charge in [-0.15, -0.1) is 0 Å². The lowest BCUT2D eigenvalue weighted by Crippen LogP contribution is -2.06. The highest BCUT2D eigenvalue weighted by Gasteiger charge is 2.21. The molecule has 0 aliphatic carbocycles. The fraction of sp³-hybridized carbons (Fsp3) is 1.00. The van der Waals surface area contributed by atoms with E-state index in [0.29, 0.717) is 0 Å². The minimum atomic E-state index is -2.02. The van der Waals surface area contributed by atoms with Crippen molar-refractivity contribution in [1.82, 2.24) is 0 Å². The first-order valence-corrected chi connectivity index (χ1v) is 6.57. The Morgan fingerprint density at radius 1 is 1.17 bits per heavy atom. The van der Waals surface area contributed by atoms with E-state index in [0.717, 1.165) is 0 Å². The topological polar surface area (TPSA) is 55.8 Å². The van der Waals surface area contributed by atoms with Crippen LogP contribution >= 0.6 is 7.58 Å². The van der Waals surface area contributed by atoms with Gasteiger partial charge < -0.3 is 9.05 Å². The maximum Gasteiger partial charge on any atom is 0.301 e. The largest absolute Gasteiger partial charge is 0.320 e. The van der Waals surface area contributed by atoms with E-state index in [4.69, 9.17) is 13.6 Å². The van der Waals surface area contributed by atoms with Crippen molar-refractivity contribution in [2.24, 2.45) is 0 Å². The van der Waals surface area contributed by atoms with Gasteiger partial charge in [-0.1, -0.05) is 0 Å². The van der Waals surface area contributed by atoms with Crippen LogP contribution < -0.4 is 0 Å². The summed E-state index contributed by atoms with van der Waals surface area (Å²) in [5, 5.41) is 0. The Hall–Kier alpha value is 0.460. The third-order valence-electron chi connectivity index (χ3n) is 0.721. The van der Waals surface area contributed by atoms with E-state index in [9.17, 15) is 4.21 Å². The number of hydrogen-bond acceptors (Lipinski definition) is 3. The second-order valence-electron chi connectivity index (χ2n) is 2.76. The van der Waals surface area contributed by atoms with Gasteiger partial charge >= 0.3 is 7.58 Å². The Labute approximate surface area is 76.6 Å². The molecule has 1 atom stereocenters. The van der Waals surface area contributed by atoms with Gasteiger partial charge in [-0.3, -0.25) is 4.55 Å². The summed E-state index contributed by atoms with van der Waals surface area (Å²) in [4.78, 5) is 0. The molecule has 0 bridgehead atoms. The van der Waals surface area contributed by atoms with E-state index >= 15 is 0 Å². The summed E-state index contributed by atoms with van der Waals surface area (Å²) in [6, 6.07) is 0. The van der Waals surface area contributed by atoms with Gasteiger partial charge in [-0.25, -0.2) is 4.21 Å². The minimum absolute atomic E-state index is 0.0917. The molecule has 1 unspecified atom stereocenters. The molecule has 0 spiro atoms. The Bertz CT molecular complexity index is 140. The fourth-order valence-electron chi connectivity index (χ4n) is 0.443. The quantitative estimate of drug-likeness (QED) is 0.563. The number of hydrogen-bond donors (Lipinski definition) is 1. The molecule has 0 saturated carbocycles. The first-order chi connectivity index (χ1) is 5.43. The third kappa shape index (κ3) is 6.03. The molecule has 74 valence electrons. The van der Waals surface area contributed by atoms with Gasteiger partial charge in [0, 0.05) is 0 Å². The Morgan fingerprint density at radius 3 is 1.67 bits per heavy atom. The molecule has 0 aromatic carbocycles. The maximum absolute atomic E-state index is 10.7. The first kappa shape index (κ1) is 12.5. The smallest absolute Gasteiger partial charge is 0.301 e. The van der Waals surface area contributed by atoms with Crippen molar-refractivity contribution in [2.75, 3.05) is 0 Å². The van der Waals surface area contributed by atoms with Gasteiger partial charge in [0.2, 0.25) is 10.7 Å². The molecule has 0 fully saturated rings. The summed E-state index contributed by atoms with van der Waals surface area (Å²) < 4.78 is 29.7. The molecule has 1 N–H and O–H groups in total. The van der Waals surface area contributed by atoms with Gasteiger partial charge in [-0.2, -0.15) is 0 Å². The highest BCUT2D eigenvalue weighted by Crippen LogP contribution is 2.43. The predicted molar refractivity (Wildman–Crippen MR) is 50.1 cm³/mol. The predicted octanol–water partition coefficient (Wildman–Crippen LogP) is 2.29. The van der Waals surface area contributed by atoms with Crippen molar-refractivity contribution >= 4 is 18.3 Å². The lowest BCUT2D eigenvalue weighted by molar-refractivity contribution is 0.186. The van der Waals surface area contributed by atoms with Crippen LogP contribution in [0.15, 0.2) is 0 Å². The molecule has 0 aromatic heterocycles. The SMILES string of the molecule is CC(C)OP(OC(C)C)S(=O)O. The van der Waals surface area contributed by atoms with Gasteiger partial charge in [0.15, 0.2) is 0 Å². The summed E-state index contributed by atoms with van der Waals surface area (Å²) in [7, 11) is -3.69. The van der Waals surface area contributed by atoms with Crippen LogP contribution in [0.3, 0.4) is 0 Å². The Balaban J connectivity index is 3.96. The summed E-state index contributed by atoms with van der Waals surface area (Å²) >= 11 is 0. The molecule has 0 aromatic rings. The van der Waals surface area contributed by atoms with Gasteiger partial charge in [-0.05, 0) is 27.7 Å². The summed E-state index contributed by atoms with van der Waals surface area (Å²) in [6.45, 7) is 7.19. The molecule has 0 radical (unpaired) electrons. The van der Waals surface area contributed by atoms with Crippen molar-refractivity contribution in [3.05, 3.63) is 0 Å². The zero-order chi connectivity index (χ0) is 9.72. The highest BCUT2D eigenvalue weighted by atomic mass is 32.8. The molecule has 6 heteroatoms. The average molecular weight is 214 g/mol. The normalized spacial score (nSPS) is 14.7. The molecule has 0 amide bonds. The molecule has 0 saturated heterocycles. The van der Waals surface area contributed by atoms with Crippen molar-refractivity contribution in [1.29, 1.82) is 0 Å². The fourth-order valence-corrected chi connectivity index (χ4v) is 2.80. The first-order valence-electron chi connectivity index (χ1n) is 3.68. The zero-order valence-electron chi connectivity index (χ0n) is 7.68. The van der Waals surface area contributed by atoms with Crippen LogP contribution in [0.25, 0.3) is 0 Å². The van der Waals surface area contributed by atoms with Crippen molar-refractivity contribution in [3.8, 4) is 0 Å². The molecule has 0 aliphatic rings. The summed E-state index contributed by atoms with van der Waals surface area (Å²) in [5.74, 6) is 0. The minimum Gasteiger partial charge on any atom is -0.320 e. The molecular formula is C6H15O4PS. The van der Waals surface area contributed by atoms with Crippen LogP contribution in [0.5, 0.6) is 0 Å². The van der Waals surface area contributed by atoms with Crippen molar-refractivity contribution in [3.63, 3.8) is 0 Å². The summed E-state index contributed by atoms with van der Waals surface area (Å²) in [6.07, 6.45) is -0.183. The molecular weight excluding hydrogens is 199 g/mol. The van der Waals surface area contributed by atoms with E-state index in [1.165, 1.54) is 0 Å². The number of rotatable bonds is 5. The van der Waals surface area contributed by atoms with Gasteiger partial charge in [0.1, 0.15) is 0 Å². The second kappa shape index (κ2) is 6.00. The lowest BCUT2D eigenvalue weighted by atomic mass is 10.5. The lowest BCUT2D eigenvalue weighted by Gasteiger charge is -2.17. The van der Waals surface area contributed by atoms with Crippen LogP contribution in [-0.2, 0) is 19.7 Å². The standard InChI is InChI=1S/C6H15O4PS/c1-5(2)9-11(12(7)8)10-6(3)4/h5-6H,1-4H3,(H,7,8). The van der Waals surface area contributed by atoms with E-state index in [-0.39, 0.29) is 12.2 Å². The van der Waals surface area contributed by atoms with Gasteiger partial charge in [0.25, 0.3) is 0 Å². The Morgan fingerprint density at radius 2 is 1.50 bits per heavy atom. The zero-order valence-corrected chi connectivity index (χ0v) is 9.39. The second-order valence-corrected chi connectivity index (χ2v) is 5.92. The molecule has 4 nitrogen and oxygen atoms in total. The maximum atomic E-state index is 10.7. The van der Waals surface area contributed by atoms with Crippen LogP contribution in [0, 0.1) is 0 Å². The van der Waals surface area contributed by atoms with Crippen LogP contribution in [0.2, 0.25) is 0 Å². The average Bonchev–Trinajstić information content (AvgIpc) is 1.83. The Kier molecular flexibility index (Phi) is 6.23. The van der Waals surface area contributed by atoms with Gasteiger partial charge in [0.05, 0.1) is 12.2 Å². The van der Waals surface area contributed by atoms with E-state index < -0.39 is 18.3 Å². The summed E-state index contributed by atoms with van der Waals surface area (Å²) in [5.41, 5.74) is 0. The third-order valence-corrected chi connectivity index (χ3v) is 3.45. The molecule has 0 aliphatic heterocycles. The van der Waals surface area contributed by atoms with Crippen molar-refractivity contribution < 1.29 is 17.8 Å². The molecule has 0 rings (SSSR count). The van der Waals surface area contributed by atoms with E-state index in [2.05, 4.69) is 0 Å². The monoisotopic (exact) mass is 214 g/mol. The van der Waals surface area contributed by atoms with Crippen LogP contribution in [0.1, 0.15) is 27.7 Å². The highest BCUT2D eigenvalue weighted by molar-refractivity contribution is 8.40.